The van der Waals surface area contributed by atoms with Crippen LogP contribution in [0.4, 0.5) is 0 Å². The van der Waals surface area contributed by atoms with Gasteiger partial charge in [-0.05, 0) is 19.1 Å². The van der Waals surface area contributed by atoms with Crippen molar-refractivity contribution in [1.29, 1.82) is 0 Å². The topological polar surface area (TPSA) is 21.3 Å². The van der Waals surface area contributed by atoms with Gasteiger partial charge in [0.15, 0.2) is 0 Å². The van der Waals surface area contributed by atoms with Gasteiger partial charge in [-0.2, -0.15) is 0 Å². The van der Waals surface area contributed by atoms with Gasteiger partial charge < -0.3 is 10.1 Å². The first-order chi connectivity index (χ1) is 8.72. The van der Waals surface area contributed by atoms with Gasteiger partial charge in [-0.1, -0.05) is 23.2 Å². The highest BCUT2D eigenvalue weighted by molar-refractivity contribution is 6.35. The minimum Gasteiger partial charge on any atom is -0.492 e. The van der Waals surface area contributed by atoms with Gasteiger partial charge in [-0.3, -0.25) is 0 Å². The van der Waals surface area contributed by atoms with E-state index in [4.69, 9.17) is 27.9 Å². The fourth-order valence-corrected chi connectivity index (χ4v) is 2.64. The van der Waals surface area contributed by atoms with Crippen molar-refractivity contribution in [2.75, 3.05) is 13.2 Å². The molecule has 1 aliphatic rings. The second-order valence-corrected chi connectivity index (χ2v) is 4.97. The zero-order chi connectivity index (χ0) is 13.0. The third-order valence-corrected chi connectivity index (χ3v) is 3.38. The third kappa shape index (κ3) is 3.11. The molecule has 1 aromatic rings. The molecule has 0 radical (unpaired) electrons. The van der Waals surface area contributed by atoms with E-state index in [2.05, 4.69) is 17.2 Å². The molecule has 18 heavy (non-hydrogen) atoms. The summed E-state index contributed by atoms with van der Waals surface area (Å²) in [6.45, 7) is 3.38. The first-order valence-corrected chi connectivity index (χ1v) is 6.72. The summed E-state index contributed by atoms with van der Waals surface area (Å²) < 4.78 is 5.61. The zero-order valence-corrected chi connectivity index (χ0v) is 11.7. The van der Waals surface area contributed by atoms with Crippen molar-refractivity contribution in [3.05, 3.63) is 27.7 Å². The Morgan fingerprint density at radius 1 is 1.44 bits per heavy atom. The van der Waals surface area contributed by atoms with E-state index >= 15 is 0 Å². The number of rotatable bonds is 3. The van der Waals surface area contributed by atoms with Crippen molar-refractivity contribution < 1.29 is 4.74 Å². The van der Waals surface area contributed by atoms with E-state index in [1.807, 2.05) is 13.0 Å². The highest BCUT2D eigenvalue weighted by Crippen LogP contribution is 2.39. The van der Waals surface area contributed by atoms with Gasteiger partial charge in [-0.15, -0.1) is 11.8 Å². The SMILES string of the molecule is CC#CCCNC1CCOc2c(Cl)cc(Cl)cc21. The Morgan fingerprint density at radius 2 is 2.28 bits per heavy atom. The molecule has 0 aliphatic carbocycles. The highest BCUT2D eigenvalue weighted by Gasteiger charge is 2.23. The molecule has 0 fully saturated rings. The lowest BCUT2D eigenvalue weighted by molar-refractivity contribution is 0.254. The molecule has 96 valence electrons. The first-order valence-electron chi connectivity index (χ1n) is 5.97. The van der Waals surface area contributed by atoms with Gasteiger partial charge in [0.25, 0.3) is 0 Å². The summed E-state index contributed by atoms with van der Waals surface area (Å²) in [6.07, 6.45) is 1.76. The molecule has 0 aromatic heterocycles. The van der Waals surface area contributed by atoms with E-state index in [1.54, 1.807) is 6.07 Å². The molecule has 1 N–H and O–H groups in total. The van der Waals surface area contributed by atoms with Crippen molar-refractivity contribution in [3.8, 4) is 17.6 Å². The number of ether oxygens (including phenoxy) is 1. The summed E-state index contributed by atoms with van der Waals surface area (Å²) in [5.41, 5.74) is 1.04. The molecule has 4 heteroatoms. The summed E-state index contributed by atoms with van der Waals surface area (Å²) in [7, 11) is 0. The van der Waals surface area contributed by atoms with Crippen LogP contribution in [0.5, 0.6) is 5.75 Å². The second-order valence-electron chi connectivity index (χ2n) is 4.13. The molecule has 0 spiro atoms. The third-order valence-electron chi connectivity index (χ3n) is 2.88. The van der Waals surface area contributed by atoms with E-state index in [-0.39, 0.29) is 6.04 Å². The van der Waals surface area contributed by atoms with Crippen LogP contribution in [-0.2, 0) is 0 Å². The summed E-state index contributed by atoms with van der Waals surface area (Å²) in [5.74, 6) is 6.68. The molecule has 0 saturated carbocycles. The van der Waals surface area contributed by atoms with Crippen LogP contribution in [0.3, 0.4) is 0 Å². The molecule has 0 bridgehead atoms. The molecular formula is C14H15Cl2NO. The monoisotopic (exact) mass is 283 g/mol. The molecule has 1 heterocycles. The summed E-state index contributed by atoms with van der Waals surface area (Å²) in [6, 6.07) is 3.88. The lowest BCUT2D eigenvalue weighted by Crippen LogP contribution is -2.27. The number of hydrogen-bond donors (Lipinski definition) is 1. The normalized spacial score (nSPS) is 17.4. The highest BCUT2D eigenvalue weighted by atomic mass is 35.5. The first kappa shape index (κ1) is 13.5. The van der Waals surface area contributed by atoms with Gasteiger partial charge >= 0.3 is 0 Å². The number of fused-ring (bicyclic) bond motifs is 1. The van der Waals surface area contributed by atoms with Crippen LogP contribution >= 0.6 is 23.2 Å². The molecule has 2 nitrogen and oxygen atoms in total. The molecule has 1 unspecified atom stereocenters. The van der Waals surface area contributed by atoms with Crippen molar-refractivity contribution in [1.82, 2.24) is 5.32 Å². The molecular weight excluding hydrogens is 269 g/mol. The Labute approximate surface area is 118 Å². The number of hydrogen-bond acceptors (Lipinski definition) is 2. The van der Waals surface area contributed by atoms with Gasteiger partial charge in [0.05, 0.1) is 11.6 Å². The average molecular weight is 284 g/mol. The Balaban J connectivity index is 2.13. The maximum absolute atomic E-state index is 6.14. The van der Waals surface area contributed by atoms with Gasteiger partial charge in [0, 0.05) is 36.0 Å². The van der Waals surface area contributed by atoms with Crippen molar-refractivity contribution >= 4 is 23.2 Å². The maximum atomic E-state index is 6.14. The van der Waals surface area contributed by atoms with Crippen molar-refractivity contribution in [3.63, 3.8) is 0 Å². The fourth-order valence-electron chi connectivity index (χ4n) is 2.07. The standard InChI is InChI=1S/C14H15Cl2NO/c1-2-3-4-6-17-13-5-7-18-14-11(13)8-10(15)9-12(14)16/h8-9,13,17H,4-7H2,1H3. The summed E-state index contributed by atoms with van der Waals surface area (Å²) >= 11 is 12.2. The fraction of sp³-hybridized carbons (Fsp3) is 0.429. The minimum atomic E-state index is 0.239. The van der Waals surface area contributed by atoms with Crippen LogP contribution in [-0.4, -0.2) is 13.2 Å². The van der Waals surface area contributed by atoms with Crippen LogP contribution in [0, 0.1) is 11.8 Å². The molecule has 2 rings (SSSR count). The van der Waals surface area contributed by atoms with Gasteiger partial charge in [0.2, 0.25) is 0 Å². The minimum absolute atomic E-state index is 0.239. The smallest absolute Gasteiger partial charge is 0.142 e. The molecule has 0 saturated heterocycles. The predicted molar refractivity (Wildman–Crippen MR) is 75.4 cm³/mol. The van der Waals surface area contributed by atoms with Crippen LogP contribution in [0.2, 0.25) is 10.0 Å². The van der Waals surface area contributed by atoms with Crippen LogP contribution in [0.25, 0.3) is 0 Å². The Kier molecular flexibility index (Phi) is 4.77. The van der Waals surface area contributed by atoms with E-state index in [9.17, 15) is 0 Å². The van der Waals surface area contributed by atoms with E-state index in [1.165, 1.54) is 0 Å². The van der Waals surface area contributed by atoms with Crippen LogP contribution in [0.1, 0.15) is 31.4 Å². The maximum Gasteiger partial charge on any atom is 0.142 e. The molecule has 1 atom stereocenters. The lowest BCUT2D eigenvalue weighted by Gasteiger charge is -2.27. The van der Waals surface area contributed by atoms with Crippen molar-refractivity contribution in [2.45, 2.75) is 25.8 Å². The van der Waals surface area contributed by atoms with Crippen LogP contribution < -0.4 is 10.1 Å². The number of nitrogens with one attached hydrogen (secondary N) is 1. The van der Waals surface area contributed by atoms with E-state index in [0.29, 0.717) is 16.7 Å². The molecule has 0 amide bonds. The van der Waals surface area contributed by atoms with Crippen molar-refractivity contribution in [2.24, 2.45) is 0 Å². The molecule has 1 aromatic carbocycles. The Hall–Kier alpha value is -0.880. The Morgan fingerprint density at radius 3 is 3.06 bits per heavy atom. The summed E-state index contributed by atoms with van der Waals surface area (Å²) in [4.78, 5) is 0. The van der Waals surface area contributed by atoms with Gasteiger partial charge in [-0.25, -0.2) is 0 Å². The average Bonchev–Trinajstić information content (AvgIpc) is 2.35. The Bertz CT molecular complexity index is 491. The predicted octanol–water partition coefficient (Wildman–Crippen LogP) is 3.82. The summed E-state index contributed by atoms with van der Waals surface area (Å²) in [5, 5.41) is 4.69. The van der Waals surface area contributed by atoms with Gasteiger partial charge in [0.1, 0.15) is 5.75 Å². The van der Waals surface area contributed by atoms with E-state index < -0.39 is 0 Å². The quantitative estimate of drug-likeness (QED) is 0.673. The van der Waals surface area contributed by atoms with E-state index in [0.717, 1.165) is 30.7 Å². The van der Waals surface area contributed by atoms with Crippen LogP contribution in [0.15, 0.2) is 12.1 Å². The zero-order valence-electron chi connectivity index (χ0n) is 10.2. The number of benzene rings is 1. The number of halogens is 2. The second kappa shape index (κ2) is 6.33. The largest absolute Gasteiger partial charge is 0.492 e. The lowest BCUT2D eigenvalue weighted by atomic mass is 10.0. The molecule has 1 aliphatic heterocycles.